The van der Waals surface area contributed by atoms with Crippen LogP contribution in [0.15, 0.2) is 42.5 Å². The Hall–Kier alpha value is -4.15. The molecule has 3 aromatic rings. The molecule has 1 fully saturated rings. The third-order valence-corrected chi connectivity index (χ3v) is 9.99. The third kappa shape index (κ3) is 12.7. The number of fused-ring (bicyclic) bond motifs is 1. The molecule has 1 saturated carbocycles. The number of carbonyl (C=O) groups is 3. The van der Waals surface area contributed by atoms with Crippen LogP contribution in [0.3, 0.4) is 0 Å². The zero-order valence-electron chi connectivity index (χ0n) is 33.8. The quantitative estimate of drug-likeness (QED) is 0.121. The van der Waals surface area contributed by atoms with Gasteiger partial charge in [-0.05, 0) is 111 Å². The summed E-state index contributed by atoms with van der Waals surface area (Å²) in [5.41, 5.74) is -0.544. The van der Waals surface area contributed by atoms with Gasteiger partial charge in [0.15, 0.2) is 0 Å². The Morgan fingerprint density at radius 2 is 1.55 bits per heavy atom. The summed E-state index contributed by atoms with van der Waals surface area (Å²) in [4.78, 5) is 41.4. The van der Waals surface area contributed by atoms with Crippen LogP contribution in [-0.4, -0.2) is 95.8 Å². The van der Waals surface area contributed by atoms with Crippen molar-refractivity contribution in [2.24, 2.45) is 0 Å². The van der Waals surface area contributed by atoms with Crippen LogP contribution in [-0.2, 0) is 28.4 Å². The van der Waals surface area contributed by atoms with Crippen LogP contribution in [0.4, 0.5) is 20.1 Å². The first-order chi connectivity index (χ1) is 25.3. The van der Waals surface area contributed by atoms with Crippen LogP contribution >= 0.6 is 10.8 Å². The molecule has 2 aromatic carbocycles. The minimum Gasteiger partial charge on any atom is -0.492 e. The van der Waals surface area contributed by atoms with Gasteiger partial charge in [0.25, 0.3) is 0 Å². The van der Waals surface area contributed by atoms with Crippen molar-refractivity contribution < 1.29 is 45.9 Å². The number of ether oxygens (including phenoxy) is 4. The Kier molecular flexibility index (Phi) is 13.4. The lowest BCUT2D eigenvalue weighted by Crippen LogP contribution is -2.42. The van der Waals surface area contributed by atoms with E-state index in [-0.39, 0.29) is 31.3 Å². The van der Waals surface area contributed by atoms with Gasteiger partial charge in [-0.15, -0.1) is 0 Å². The van der Waals surface area contributed by atoms with Gasteiger partial charge in [0.1, 0.15) is 35.3 Å². The van der Waals surface area contributed by atoms with Crippen LogP contribution in [0.5, 0.6) is 5.75 Å². The van der Waals surface area contributed by atoms with E-state index in [4.69, 9.17) is 23.1 Å². The van der Waals surface area contributed by atoms with Crippen molar-refractivity contribution in [3.8, 4) is 5.75 Å². The molecule has 2 amide bonds. The minimum atomic E-state index is -4.11. The molecule has 14 nitrogen and oxygen atoms in total. The molecule has 0 aliphatic heterocycles. The van der Waals surface area contributed by atoms with Gasteiger partial charge < -0.3 is 28.0 Å². The topological polar surface area (TPSA) is 156 Å². The van der Waals surface area contributed by atoms with Crippen LogP contribution in [0, 0.1) is 0 Å². The van der Waals surface area contributed by atoms with Crippen molar-refractivity contribution in [2.45, 2.75) is 111 Å². The molecule has 0 radical (unpaired) electrons. The maximum absolute atomic E-state index is 13.7. The van der Waals surface area contributed by atoms with Crippen molar-refractivity contribution in [3.63, 3.8) is 0 Å². The van der Waals surface area contributed by atoms with Gasteiger partial charge in [-0.25, -0.2) is 22.8 Å². The van der Waals surface area contributed by atoms with E-state index in [1.807, 2.05) is 13.0 Å². The van der Waals surface area contributed by atoms with Crippen molar-refractivity contribution in [1.82, 2.24) is 14.7 Å². The van der Waals surface area contributed by atoms with E-state index >= 15 is 0 Å². The Morgan fingerprint density at radius 1 is 0.927 bits per heavy atom. The summed E-state index contributed by atoms with van der Waals surface area (Å²) in [5.74, 6) is 5.42. The number of rotatable bonds is 13. The number of aromatic nitrogens is 2. The highest BCUT2D eigenvalue weighted by Crippen LogP contribution is 2.43. The fourth-order valence-corrected chi connectivity index (χ4v) is 6.82. The van der Waals surface area contributed by atoms with Gasteiger partial charge in [0.05, 0.1) is 36.2 Å². The number of amides is 2. The van der Waals surface area contributed by atoms with Gasteiger partial charge in [-0.1, -0.05) is 29.8 Å². The second kappa shape index (κ2) is 16.9. The molecule has 2 unspecified atom stereocenters. The van der Waals surface area contributed by atoms with Crippen LogP contribution in [0.25, 0.3) is 10.9 Å². The van der Waals surface area contributed by atoms with Gasteiger partial charge in [0.2, 0.25) is 10.0 Å². The summed E-state index contributed by atoms with van der Waals surface area (Å²) in [6, 6.07) is 11.7. The minimum absolute atomic E-state index is 0.0265. The Balaban J connectivity index is 1.64. The zero-order chi connectivity index (χ0) is 41.1. The molecule has 0 spiro atoms. The summed E-state index contributed by atoms with van der Waals surface area (Å²) in [5, 5.41) is 5.47. The largest absolute Gasteiger partial charge is 0.492 e. The van der Waals surface area contributed by atoms with Crippen molar-refractivity contribution in [1.29, 1.82) is 0 Å². The van der Waals surface area contributed by atoms with E-state index in [0.717, 1.165) is 30.2 Å². The lowest BCUT2D eigenvalue weighted by atomic mass is 10.1. The summed E-state index contributed by atoms with van der Waals surface area (Å²) >= 11 is 0. The fourth-order valence-electron chi connectivity index (χ4n) is 5.38. The first kappa shape index (κ1) is 43.6. The van der Waals surface area contributed by atoms with Gasteiger partial charge >= 0.3 is 18.3 Å². The molecule has 0 N–H and O–H groups in total. The fraction of sp³-hybridized carbons (Fsp3) is 0.564. The maximum atomic E-state index is 13.7. The number of carbonyl (C=O) groups excluding carboxylic acids is 3. The molecule has 1 aliphatic carbocycles. The molecule has 1 aromatic heterocycles. The number of nitrogens with zero attached hydrogens (tertiary/aromatic N) is 4. The van der Waals surface area contributed by atoms with Gasteiger partial charge in [-0.3, -0.25) is 0 Å². The number of anilines is 1. The van der Waals surface area contributed by atoms with Crippen molar-refractivity contribution in [3.05, 3.63) is 53.7 Å². The van der Waals surface area contributed by atoms with E-state index in [9.17, 15) is 22.8 Å². The molecule has 2 atom stereocenters. The molecule has 55 heavy (non-hydrogen) atoms. The monoisotopic (exact) mass is 804 g/mol. The third-order valence-electron chi connectivity index (χ3n) is 7.82. The lowest BCUT2D eigenvalue weighted by molar-refractivity contribution is 0.0153. The van der Waals surface area contributed by atoms with Crippen molar-refractivity contribution in [2.75, 3.05) is 36.0 Å². The highest BCUT2D eigenvalue weighted by molar-refractivity contribution is 8.09. The molecule has 1 aliphatic rings. The summed E-state index contributed by atoms with van der Waals surface area (Å²) in [6.07, 6.45) is -0.160. The van der Waals surface area contributed by atoms with E-state index in [0.29, 0.717) is 26.9 Å². The summed E-state index contributed by atoms with van der Waals surface area (Å²) in [7, 11) is -4.91. The highest BCUT2D eigenvalue weighted by Gasteiger charge is 2.33. The number of benzene rings is 2. The van der Waals surface area contributed by atoms with E-state index < -0.39 is 62.0 Å². The molecule has 1 heterocycles. The van der Waals surface area contributed by atoms with Crippen molar-refractivity contribution >= 4 is 61.5 Å². The second-order valence-electron chi connectivity index (χ2n) is 16.4. The maximum Gasteiger partial charge on any atom is 0.435 e. The average molecular weight is 805 g/mol. The Bertz CT molecular complexity index is 2000. The molecule has 4 rings (SSSR count). The van der Waals surface area contributed by atoms with Crippen LogP contribution in [0.1, 0.15) is 105 Å². The Labute approximate surface area is 327 Å². The normalized spacial score (nSPS) is 14.9. The number of hydrogen-bond donors (Lipinski definition) is 0. The van der Waals surface area contributed by atoms with E-state index in [2.05, 4.69) is 11.0 Å². The standard InChI is InChI=1S/C39H56N4O10S2/c1-13-54(11)53-32(27-15-14-16-28(23-27)43(55(12,47)48)36(46)52-39(8,9)10)25-41(34(44)50-37(2,3)4)21-22-49-29-19-20-30-31(24-29)42(35(45)51-38(5,6)7)40-33(30)26-17-18-26/h14-16,19-20,23-24,26,32H,11,13,17-18,21-22,25H2,1-10,12H3. The summed E-state index contributed by atoms with van der Waals surface area (Å²) < 4.78 is 57.0. The van der Waals surface area contributed by atoms with Gasteiger partial charge in [-0.2, -0.15) is 14.1 Å². The molecule has 0 bridgehead atoms. The second-order valence-corrected chi connectivity index (χ2v) is 19.9. The number of sulfonamides is 1. The summed E-state index contributed by atoms with van der Waals surface area (Å²) in [6.45, 7) is 17.6. The SMILES string of the molecule is C=S(CC)OC(CN(CCOc1ccc2c(C3CC3)nn(C(=O)OC(C)(C)C)c2c1)C(=O)OC(C)(C)C)c1cccc(N(C(=O)OC(C)(C)C)S(C)(=O)=O)c1. The highest BCUT2D eigenvalue weighted by atomic mass is 32.2. The first-order valence-corrected chi connectivity index (χ1v) is 21.6. The molecule has 304 valence electrons. The van der Waals surface area contributed by atoms with Crippen LogP contribution < -0.4 is 9.04 Å². The number of hydrogen-bond acceptors (Lipinski definition) is 11. The van der Waals surface area contributed by atoms with Gasteiger partial charge in [0, 0.05) is 23.1 Å². The predicted octanol–water partition coefficient (Wildman–Crippen LogP) is 8.41. The first-order valence-electron chi connectivity index (χ1n) is 18.2. The van der Waals surface area contributed by atoms with Crippen LogP contribution in [0.2, 0.25) is 0 Å². The smallest absolute Gasteiger partial charge is 0.435 e. The average Bonchev–Trinajstić information content (AvgIpc) is 3.80. The predicted molar refractivity (Wildman–Crippen MR) is 216 cm³/mol. The molecular weight excluding hydrogens is 749 g/mol. The molecule has 16 heteroatoms. The lowest BCUT2D eigenvalue weighted by Gasteiger charge is -2.31. The zero-order valence-corrected chi connectivity index (χ0v) is 35.5. The molecular formula is C39H56N4O10S2. The van der Waals surface area contributed by atoms with E-state index in [1.54, 1.807) is 86.6 Å². The Morgan fingerprint density at radius 3 is 2.11 bits per heavy atom. The molecule has 0 saturated heterocycles. The van der Waals surface area contributed by atoms with E-state index in [1.165, 1.54) is 21.7 Å².